The molecule has 3 rings (SSSR count). The molecule has 0 saturated carbocycles. The summed E-state index contributed by atoms with van der Waals surface area (Å²) in [4.78, 5) is 14.7. The molecule has 4 nitrogen and oxygen atoms in total. The Labute approximate surface area is 159 Å². The van der Waals surface area contributed by atoms with E-state index >= 15 is 0 Å². The molecule has 1 fully saturated rings. The van der Waals surface area contributed by atoms with Crippen molar-refractivity contribution in [2.24, 2.45) is 11.8 Å². The maximum Gasteiger partial charge on any atom is 0.161 e. The molecular weight excluding hydrogens is 302 g/mol. The van der Waals surface area contributed by atoms with Crippen LogP contribution in [-0.2, 0) is 11.2 Å². The quantitative estimate of drug-likeness (QED) is 0.820. The highest BCUT2D eigenvalue weighted by Gasteiger charge is 2.38. The maximum absolute atomic E-state index is 13.3. The number of hydrogen-bond donors (Lipinski definition) is 0. The molecule has 24 heavy (non-hydrogen) atoms. The predicted octanol–water partition coefficient (Wildman–Crippen LogP) is 3.63. The van der Waals surface area contributed by atoms with E-state index < -0.39 is 49.7 Å². The minimum Gasteiger partial charge on any atom is -0.493 e. The second-order valence-electron chi connectivity index (χ2n) is 5.87. The average Bonchev–Trinajstić information content (AvgIpc) is 2.69. The van der Waals surface area contributed by atoms with Crippen molar-refractivity contribution in [3.63, 3.8) is 0 Å². The molecule has 4 heteroatoms. The largest absolute Gasteiger partial charge is 0.493 e. The van der Waals surface area contributed by atoms with Crippen LogP contribution in [0.3, 0.4) is 0 Å². The van der Waals surface area contributed by atoms with Gasteiger partial charge >= 0.3 is 0 Å². The van der Waals surface area contributed by atoms with E-state index in [1.165, 1.54) is 19.1 Å². The average molecular weight is 342 g/mol. The molecule has 0 aliphatic carbocycles. The summed E-state index contributed by atoms with van der Waals surface area (Å²) in [5, 5.41) is 0. The number of carbonyl (C=O) groups is 1. The monoisotopic (exact) mass is 341 g/mol. The van der Waals surface area contributed by atoms with Crippen LogP contribution in [0.5, 0.6) is 11.5 Å². The molecule has 0 N–H and O–H groups in total. The Morgan fingerprint density at radius 1 is 1.46 bits per heavy atom. The van der Waals surface area contributed by atoms with Crippen molar-refractivity contribution in [3.05, 3.63) is 23.3 Å². The number of carbonyl (C=O) groups excluding carboxylic acids is 1. The molecule has 2 aliphatic heterocycles. The lowest BCUT2D eigenvalue weighted by molar-refractivity contribution is -0.129. The zero-order valence-corrected chi connectivity index (χ0v) is 14.1. The van der Waals surface area contributed by atoms with Crippen LogP contribution in [0.15, 0.2) is 12.1 Å². The zero-order chi connectivity index (χ0) is 26.1. The van der Waals surface area contributed by atoms with E-state index in [1.54, 1.807) is 12.1 Å². The fourth-order valence-electron chi connectivity index (χ4n) is 3.28. The molecule has 0 amide bonds. The van der Waals surface area contributed by atoms with Gasteiger partial charge in [-0.15, -0.1) is 0 Å². The van der Waals surface area contributed by atoms with Crippen LogP contribution in [0.2, 0.25) is 0 Å². The Hall–Kier alpha value is -1.55. The molecule has 3 unspecified atom stereocenters. The summed E-state index contributed by atoms with van der Waals surface area (Å²) in [7, 11) is 2.93. The van der Waals surface area contributed by atoms with Crippen LogP contribution in [0.1, 0.15) is 63.8 Å². The number of rotatable bonds is 5. The fraction of sp³-hybridized carbons (Fsp3) is 0.650. The minimum atomic E-state index is -3.47. The first-order valence-corrected chi connectivity index (χ1v) is 7.90. The molecule has 0 spiro atoms. The summed E-state index contributed by atoms with van der Waals surface area (Å²) >= 11 is 0. The first kappa shape index (κ1) is 8.70. The highest BCUT2D eigenvalue weighted by Crippen LogP contribution is 2.42. The van der Waals surface area contributed by atoms with E-state index in [9.17, 15) is 4.79 Å². The van der Waals surface area contributed by atoms with Gasteiger partial charge in [0.15, 0.2) is 11.5 Å². The van der Waals surface area contributed by atoms with Gasteiger partial charge in [0.05, 0.1) is 14.2 Å². The Kier molecular flexibility index (Phi) is 2.59. The number of hydrogen-bond acceptors (Lipinski definition) is 4. The maximum atomic E-state index is 13.3. The SMILES string of the molecule is [2H]C1([2H])C(C([2H])([2H])C([2H])(C([2H])([2H])[2H])C([2H])([2H])C)C(=O)CC2c3cc(OC)c(OC)cc3CCN21. The molecule has 132 valence electrons. The molecule has 1 saturated heterocycles. The molecule has 0 aromatic heterocycles. The lowest BCUT2D eigenvalue weighted by Crippen LogP contribution is -2.46. The molecule has 3 atom stereocenters. The van der Waals surface area contributed by atoms with Gasteiger partial charge < -0.3 is 9.47 Å². The van der Waals surface area contributed by atoms with Crippen LogP contribution < -0.4 is 9.47 Å². The Bertz CT molecular complexity index is 959. The number of fused-ring (bicyclic) bond motifs is 3. The van der Waals surface area contributed by atoms with Crippen molar-refractivity contribution in [2.75, 3.05) is 27.3 Å². The Morgan fingerprint density at radius 2 is 2.21 bits per heavy atom. The third-order valence-corrected chi connectivity index (χ3v) is 4.55. The van der Waals surface area contributed by atoms with Crippen molar-refractivity contribution < 1.29 is 28.0 Å². The van der Waals surface area contributed by atoms with Crippen molar-refractivity contribution in [2.45, 2.75) is 45.4 Å². The van der Waals surface area contributed by atoms with E-state index in [0.29, 0.717) is 23.5 Å². The van der Waals surface area contributed by atoms with Crippen molar-refractivity contribution in [1.29, 1.82) is 0 Å². The molecule has 0 bridgehead atoms. The van der Waals surface area contributed by atoms with Gasteiger partial charge in [0.2, 0.25) is 0 Å². The van der Waals surface area contributed by atoms with E-state index in [4.69, 9.17) is 23.2 Å². The normalized spacial score (nSPS) is 36.2. The number of nitrogens with zero attached hydrogens (tertiary/aromatic N) is 1. The Balaban J connectivity index is 2.13. The zero-order valence-electron chi connectivity index (χ0n) is 24.1. The van der Waals surface area contributed by atoms with Crippen LogP contribution >= 0.6 is 0 Å². The smallest absolute Gasteiger partial charge is 0.161 e. The molecule has 1 aromatic carbocycles. The molecule has 2 aliphatic rings. The van der Waals surface area contributed by atoms with Gasteiger partial charge in [-0.25, -0.2) is 0 Å². The molecule has 1 aromatic rings. The van der Waals surface area contributed by atoms with Gasteiger partial charge in [-0.3, -0.25) is 9.69 Å². The van der Waals surface area contributed by atoms with Crippen LogP contribution in [0.4, 0.5) is 0 Å². The van der Waals surface area contributed by atoms with Crippen molar-refractivity contribution >= 4 is 5.78 Å². The van der Waals surface area contributed by atoms with Crippen LogP contribution in [0.25, 0.3) is 0 Å². The topological polar surface area (TPSA) is 38.8 Å². The number of ether oxygens (including phenoxy) is 2. The number of benzene rings is 1. The summed E-state index contributed by atoms with van der Waals surface area (Å²) in [6, 6.07) is 2.65. The van der Waals surface area contributed by atoms with Gasteiger partial charge in [0, 0.05) is 45.1 Å². The first-order chi connectivity index (χ1) is 15.4. The summed E-state index contributed by atoms with van der Waals surface area (Å²) < 4.78 is 93.2. The highest BCUT2D eigenvalue weighted by atomic mass is 16.5. The standard InChI is InChI=1S/C20H29NO3/c1-5-13(2)8-15-12-21-7-6-14-9-19(23-3)20(24-4)10-16(14)17(21)11-18(15)22/h9-10,13,15,17H,5-8,11-12H2,1-4H3/i2D3,5D2,8D2,12D2,13D. The molecule has 2 heterocycles. The van der Waals surface area contributed by atoms with E-state index in [2.05, 4.69) is 0 Å². The lowest BCUT2D eigenvalue weighted by atomic mass is 9.79. The minimum absolute atomic E-state index is 0.109. The number of Topliss-reactive ketones (excluding diaryl/α,β-unsaturated/α-hetero) is 1. The van der Waals surface area contributed by atoms with Gasteiger partial charge in [-0.1, -0.05) is 20.1 Å². The lowest BCUT2D eigenvalue weighted by Gasteiger charge is -2.43. The summed E-state index contributed by atoms with van der Waals surface area (Å²) in [6.07, 6.45) is -6.24. The van der Waals surface area contributed by atoms with Gasteiger partial charge in [-0.2, -0.15) is 0 Å². The number of methoxy groups -OCH3 is 2. The van der Waals surface area contributed by atoms with Gasteiger partial charge in [-0.05, 0) is 41.9 Å². The second-order valence-corrected chi connectivity index (χ2v) is 5.87. The Morgan fingerprint density at radius 3 is 2.88 bits per heavy atom. The van der Waals surface area contributed by atoms with E-state index in [-0.39, 0.29) is 13.0 Å². The van der Waals surface area contributed by atoms with Gasteiger partial charge in [0.25, 0.3) is 0 Å². The molecule has 0 radical (unpaired) electrons. The molecular formula is C20H29NO3. The first-order valence-electron chi connectivity index (χ1n) is 12.9. The van der Waals surface area contributed by atoms with Crippen molar-refractivity contribution in [3.8, 4) is 11.5 Å². The van der Waals surface area contributed by atoms with E-state index in [1.807, 2.05) is 0 Å². The number of piperidine rings is 1. The third-order valence-electron chi connectivity index (χ3n) is 4.55. The number of ketones is 1. The van der Waals surface area contributed by atoms with Crippen LogP contribution in [-0.4, -0.2) is 37.9 Å². The summed E-state index contributed by atoms with van der Waals surface area (Å²) in [5.74, 6) is -5.62. The summed E-state index contributed by atoms with van der Waals surface area (Å²) in [6.45, 7) is -5.28. The van der Waals surface area contributed by atoms with Gasteiger partial charge in [0.1, 0.15) is 5.78 Å². The van der Waals surface area contributed by atoms with Crippen molar-refractivity contribution in [1.82, 2.24) is 4.90 Å². The van der Waals surface area contributed by atoms with E-state index in [0.717, 1.165) is 12.5 Å². The predicted molar refractivity (Wildman–Crippen MR) is 94.8 cm³/mol. The second kappa shape index (κ2) is 7.14. The van der Waals surface area contributed by atoms with Crippen LogP contribution in [0, 0.1) is 11.8 Å². The fourth-order valence-corrected chi connectivity index (χ4v) is 3.28. The third kappa shape index (κ3) is 3.16. The highest BCUT2D eigenvalue weighted by molar-refractivity contribution is 5.83. The summed E-state index contributed by atoms with van der Waals surface area (Å²) in [5.41, 5.74) is 1.45.